The molecule has 36 heavy (non-hydrogen) atoms. The second-order valence-electron chi connectivity index (χ2n) is 8.67. The molecule has 1 heterocycles. The summed E-state index contributed by atoms with van der Waals surface area (Å²) >= 11 is 0. The molecule has 0 aliphatic carbocycles. The molecule has 3 aromatic carbocycles. The minimum Gasteiger partial charge on any atom is -0.469 e. The van der Waals surface area contributed by atoms with Gasteiger partial charge in [0.15, 0.2) is 0 Å². The molecule has 0 bridgehead atoms. The number of nitrogens with one attached hydrogen (secondary N) is 1. The third-order valence-corrected chi connectivity index (χ3v) is 6.30. The molecule has 7 nitrogen and oxygen atoms in total. The second kappa shape index (κ2) is 11.3. The van der Waals surface area contributed by atoms with E-state index in [4.69, 9.17) is 10.00 Å². The number of hydrogen-bond acceptors (Lipinski definition) is 5. The molecule has 0 atom stereocenters. The lowest BCUT2D eigenvalue weighted by Crippen LogP contribution is -2.35. The number of amides is 2. The van der Waals surface area contributed by atoms with Crippen molar-refractivity contribution in [3.63, 3.8) is 0 Å². The summed E-state index contributed by atoms with van der Waals surface area (Å²) in [5.41, 5.74) is 5.14. The van der Waals surface area contributed by atoms with Gasteiger partial charge in [0, 0.05) is 29.9 Å². The Hall–Kier alpha value is -4.44. The molecule has 0 spiro atoms. The van der Waals surface area contributed by atoms with Crippen molar-refractivity contribution >= 4 is 29.2 Å². The molecule has 0 fully saturated rings. The average molecular weight is 482 g/mol. The Morgan fingerprint density at radius 2 is 1.83 bits per heavy atom. The van der Waals surface area contributed by atoms with E-state index in [-0.39, 0.29) is 24.2 Å². The summed E-state index contributed by atoms with van der Waals surface area (Å²) < 4.78 is 4.75. The summed E-state index contributed by atoms with van der Waals surface area (Å²) in [5.74, 6) is -0.622. The second-order valence-corrected chi connectivity index (χ2v) is 8.67. The van der Waals surface area contributed by atoms with Gasteiger partial charge in [-0.2, -0.15) is 5.26 Å². The Kier molecular flexibility index (Phi) is 7.76. The highest BCUT2D eigenvalue weighted by atomic mass is 16.5. The van der Waals surface area contributed by atoms with Crippen LogP contribution >= 0.6 is 0 Å². The van der Waals surface area contributed by atoms with Crippen LogP contribution in [0, 0.1) is 11.3 Å². The summed E-state index contributed by atoms with van der Waals surface area (Å²) in [5, 5.41) is 11.8. The van der Waals surface area contributed by atoms with Gasteiger partial charge >= 0.3 is 5.97 Å². The fraction of sp³-hybridized carbons (Fsp3) is 0.241. The summed E-state index contributed by atoms with van der Waals surface area (Å²) in [6.07, 6.45) is 2.64. The number of fused-ring (bicyclic) bond motifs is 1. The molecule has 1 aliphatic rings. The number of benzene rings is 3. The zero-order valence-corrected chi connectivity index (χ0v) is 20.1. The number of rotatable bonds is 7. The van der Waals surface area contributed by atoms with Gasteiger partial charge in [-0.05, 0) is 72.4 Å². The van der Waals surface area contributed by atoms with Gasteiger partial charge in [-0.1, -0.05) is 30.3 Å². The lowest BCUT2D eigenvalue weighted by atomic mass is 9.98. The first-order valence-corrected chi connectivity index (χ1v) is 11.9. The first-order valence-electron chi connectivity index (χ1n) is 11.9. The molecule has 1 aliphatic heterocycles. The molecule has 1 N–H and O–H groups in total. The summed E-state index contributed by atoms with van der Waals surface area (Å²) in [7, 11) is 1.33. The number of aryl methyl sites for hydroxylation is 2. The minimum absolute atomic E-state index is 0.0363. The van der Waals surface area contributed by atoms with Crippen LogP contribution in [0.4, 0.5) is 11.4 Å². The Balaban J connectivity index is 1.45. The van der Waals surface area contributed by atoms with E-state index in [9.17, 15) is 14.4 Å². The topological polar surface area (TPSA) is 99.5 Å². The van der Waals surface area contributed by atoms with Crippen LogP contribution in [0.15, 0.2) is 66.7 Å². The highest BCUT2D eigenvalue weighted by Crippen LogP contribution is 2.29. The third kappa shape index (κ3) is 5.78. The van der Waals surface area contributed by atoms with Gasteiger partial charge in [-0.15, -0.1) is 0 Å². The van der Waals surface area contributed by atoms with Crippen LogP contribution in [0.5, 0.6) is 0 Å². The maximum Gasteiger partial charge on any atom is 0.310 e. The number of methoxy groups -OCH3 is 1. The zero-order chi connectivity index (χ0) is 25.5. The van der Waals surface area contributed by atoms with Crippen molar-refractivity contribution in [3.05, 3.63) is 94.5 Å². The molecule has 0 saturated carbocycles. The SMILES string of the molecule is COC(=O)Cc1ccccc1NC(=O)c1ccc2c(c1)CCCN2C(=O)CCc1ccc(C#N)cc1. The molecular weight excluding hydrogens is 454 g/mol. The van der Waals surface area contributed by atoms with E-state index >= 15 is 0 Å². The first kappa shape index (κ1) is 24.7. The summed E-state index contributed by atoms with van der Waals surface area (Å²) in [6.45, 7) is 0.644. The molecular formula is C29H27N3O4. The predicted molar refractivity (Wildman–Crippen MR) is 137 cm³/mol. The van der Waals surface area contributed by atoms with E-state index in [2.05, 4.69) is 11.4 Å². The Labute approximate surface area is 210 Å². The van der Waals surface area contributed by atoms with E-state index in [0.717, 1.165) is 29.7 Å². The average Bonchev–Trinajstić information content (AvgIpc) is 2.92. The summed E-state index contributed by atoms with van der Waals surface area (Å²) in [6, 6.07) is 21.9. The van der Waals surface area contributed by atoms with Crippen molar-refractivity contribution in [1.82, 2.24) is 0 Å². The van der Waals surface area contributed by atoms with Crippen molar-refractivity contribution < 1.29 is 19.1 Å². The number of carbonyl (C=O) groups is 3. The van der Waals surface area contributed by atoms with Crippen LogP contribution in [-0.2, 0) is 33.6 Å². The molecule has 0 saturated heterocycles. The Morgan fingerprint density at radius 3 is 2.58 bits per heavy atom. The monoisotopic (exact) mass is 481 g/mol. The third-order valence-electron chi connectivity index (χ3n) is 6.30. The van der Waals surface area contributed by atoms with E-state index in [1.165, 1.54) is 7.11 Å². The molecule has 3 aromatic rings. The molecule has 7 heteroatoms. The van der Waals surface area contributed by atoms with Gasteiger partial charge in [-0.25, -0.2) is 0 Å². The molecule has 0 aromatic heterocycles. The van der Waals surface area contributed by atoms with Crippen LogP contribution in [0.1, 0.15) is 45.5 Å². The number of carbonyl (C=O) groups excluding carboxylic acids is 3. The van der Waals surface area contributed by atoms with Crippen LogP contribution in [-0.4, -0.2) is 31.4 Å². The lowest BCUT2D eigenvalue weighted by Gasteiger charge is -2.30. The normalized spacial score (nSPS) is 12.3. The van der Waals surface area contributed by atoms with Crippen LogP contribution in [0.2, 0.25) is 0 Å². The number of nitrogens with zero attached hydrogens (tertiary/aromatic N) is 2. The highest BCUT2D eigenvalue weighted by molar-refractivity contribution is 6.05. The maximum absolute atomic E-state index is 13.0. The summed E-state index contributed by atoms with van der Waals surface area (Å²) in [4.78, 5) is 39.5. The predicted octanol–water partition coefficient (Wildman–Crippen LogP) is 4.44. The van der Waals surface area contributed by atoms with Crippen molar-refractivity contribution in [1.29, 1.82) is 5.26 Å². The van der Waals surface area contributed by atoms with Crippen LogP contribution in [0.3, 0.4) is 0 Å². The fourth-order valence-corrected chi connectivity index (χ4v) is 4.35. The number of ether oxygens (including phenoxy) is 1. The number of anilines is 2. The number of esters is 1. The highest BCUT2D eigenvalue weighted by Gasteiger charge is 2.23. The van der Waals surface area contributed by atoms with Crippen LogP contribution in [0.25, 0.3) is 0 Å². The molecule has 0 unspecified atom stereocenters. The maximum atomic E-state index is 13.0. The smallest absolute Gasteiger partial charge is 0.310 e. The quantitative estimate of drug-likeness (QED) is 0.503. The molecule has 0 radical (unpaired) electrons. The minimum atomic E-state index is -0.380. The van der Waals surface area contributed by atoms with Crippen molar-refractivity contribution in [2.24, 2.45) is 0 Å². The number of nitriles is 1. The van der Waals surface area contributed by atoms with Gasteiger partial charge in [0.25, 0.3) is 5.91 Å². The largest absolute Gasteiger partial charge is 0.469 e. The van der Waals surface area contributed by atoms with Crippen LogP contribution < -0.4 is 10.2 Å². The van der Waals surface area contributed by atoms with Gasteiger partial charge in [-0.3, -0.25) is 14.4 Å². The Morgan fingerprint density at radius 1 is 1.06 bits per heavy atom. The van der Waals surface area contributed by atoms with E-state index in [1.807, 2.05) is 24.3 Å². The van der Waals surface area contributed by atoms with Crippen molar-refractivity contribution in [2.45, 2.75) is 32.1 Å². The van der Waals surface area contributed by atoms with Gasteiger partial charge in [0.05, 0.1) is 25.2 Å². The number of hydrogen-bond donors (Lipinski definition) is 1. The van der Waals surface area contributed by atoms with Crippen molar-refractivity contribution in [3.8, 4) is 6.07 Å². The standard InChI is InChI=1S/C29H27N3O4/c1-36-28(34)18-22-5-2-3-7-25(22)31-29(35)24-13-14-26-23(17-24)6-4-16-32(26)27(33)15-12-20-8-10-21(19-30)11-9-20/h2-3,5,7-11,13-14,17H,4,6,12,15-16,18H2,1H3,(H,31,35). The lowest BCUT2D eigenvalue weighted by molar-refractivity contribution is -0.139. The fourth-order valence-electron chi connectivity index (χ4n) is 4.35. The van der Waals surface area contributed by atoms with Gasteiger partial charge in [0.2, 0.25) is 5.91 Å². The molecule has 4 rings (SSSR count). The van der Waals surface area contributed by atoms with Gasteiger partial charge < -0.3 is 15.0 Å². The number of para-hydroxylation sites is 1. The van der Waals surface area contributed by atoms with E-state index < -0.39 is 0 Å². The van der Waals surface area contributed by atoms with Gasteiger partial charge in [0.1, 0.15) is 0 Å². The molecule has 2 amide bonds. The van der Waals surface area contributed by atoms with E-state index in [0.29, 0.717) is 41.8 Å². The van der Waals surface area contributed by atoms with Crippen molar-refractivity contribution in [2.75, 3.05) is 23.9 Å². The first-order chi connectivity index (χ1) is 17.5. The molecule has 182 valence electrons. The van der Waals surface area contributed by atoms with E-state index in [1.54, 1.807) is 47.4 Å². The Bertz CT molecular complexity index is 1330. The zero-order valence-electron chi connectivity index (χ0n) is 20.1.